The number of pyridine rings is 1. The molecule has 0 aliphatic carbocycles. The molecular formula is C11H14ClFN2. The number of rotatable bonds is 4. The zero-order valence-corrected chi connectivity index (χ0v) is 9.39. The Morgan fingerprint density at radius 1 is 1.73 bits per heavy atom. The fourth-order valence-corrected chi connectivity index (χ4v) is 1.72. The van der Waals surface area contributed by atoms with Crippen LogP contribution in [0, 0.1) is 5.95 Å². The quantitative estimate of drug-likeness (QED) is 0.636. The van der Waals surface area contributed by atoms with Crippen LogP contribution in [-0.4, -0.2) is 4.98 Å². The monoisotopic (exact) mass is 228 g/mol. The summed E-state index contributed by atoms with van der Waals surface area (Å²) in [7, 11) is 0. The van der Waals surface area contributed by atoms with Crippen LogP contribution in [0.1, 0.15) is 25.3 Å². The number of hydrogen-bond acceptors (Lipinski definition) is 2. The summed E-state index contributed by atoms with van der Waals surface area (Å²) in [6.45, 7) is 5.44. The molecule has 1 atom stereocenters. The number of allylic oxidation sites excluding steroid dienone is 1. The van der Waals surface area contributed by atoms with E-state index in [0.29, 0.717) is 12.0 Å². The zero-order chi connectivity index (χ0) is 11.5. The van der Waals surface area contributed by atoms with Gasteiger partial charge >= 0.3 is 0 Å². The zero-order valence-electron chi connectivity index (χ0n) is 8.63. The number of aromatic nitrogens is 1. The highest BCUT2D eigenvalue weighted by Crippen LogP contribution is 2.30. The van der Waals surface area contributed by atoms with E-state index < -0.39 is 11.5 Å². The summed E-state index contributed by atoms with van der Waals surface area (Å²) in [6.07, 6.45) is 4.57. The van der Waals surface area contributed by atoms with Crippen molar-refractivity contribution >= 4 is 11.6 Å². The molecule has 0 aliphatic heterocycles. The van der Waals surface area contributed by atoms with Gasteiger partial charge in [-0.1, -0.05) is 17.7 Å². The Morgan fingerprint density at radius 3 is 3.00 bits per heavy atom. The van der Waals surface area contributed by atoms with Crippen molar-refractivity contribution in [3.63, 3.8) is 0 Å². The summed E-state index contributed by atoms with van der Waals surface area (Å²) < 4.78 is 13.1. The van der Waals surface area contributed by atoms with Crippen molar-refractivity contribution in [3.8, 4) is 0 Å². The lowest BCUT2D eigenvalue weighted by Crippen LogP contribution is -2.33. The van der Waals surface area contributed by atoms with E-state index in [-0.39, 0.29) is 5.02 Å². The average Bonchev–Trinajstić information content (AvgIpc) is 2.19. The van der Waals surface area contributed by atoms with Crippen LogP contribution in [-0.2, 0) is 5.54 Å². The van der Waals surface area contributed by atoms with Gasteiger partial charge in [-0.05, 0) is 31.4 Å². The first-order valence-electron chi connectivity index (χ1n) is 4.69. The summed E-state index contributed by atoms with van der Waals surface area (Å²) in [5.74, 6) is -0.676. The SMILES string of the molecule is C=CCC[C@](C)(N)c1ccnc(F)c1Cl. The molecule has 82 valence electrons. The summed E-state index contributed by atoms with van der Waals surface area (Å²) >= 11 is 5.81. The molecule has 2 N–H and O–H groups in total. The van der Waals surface area contributed by atoms with E-state index in [9.17, 15) is 4.39 Å². The molecule has 0 unspecified atom stereocenters. The lowest BCUT2D eigenvalue weighted by Gasteiger charge is -2.25. The van der Waals surface area contributed by atoms with Gasteiger partial charge in [-0.25, -0.2) is 4.98 Å². The lowest BCUT2D eigenvalue weighted by atomic mass is 9.89. The van der Waals surface area contributed by atoms with Crippen molar-refractivity contribution in [2.75, 3.05) is 0 Å². The van der Waals surface area contributed by atoms with Gasteiger partial charge in [-0.2, -0.15) is 4.39 Å². The third kappa shape index (κ3) is 2.76. The molecule has 0 saturated carbocycles. The first kappa shape index (κ1) is 12.1. The molecule has 1 aromatic rings. The van der Waals surface area contributed by atoms with Gasteiger partial charge in [0.1, 0.15) is 5.02 Å². The fraction of sp³-hybridized carbons (Fsp3) is 0.364. The Bertz CT molecular complexity index is 364. The van der Waals surface area contributed by atoms with E-state index in [2.05, 4.69) is 11.6 Å². The van der Waals surface area contributed by atoms with Gasteiger partial charge in [0.05, 0.1) is 0 Å². The maximum atomic E-state index is 13.1. The van der Waals surface area contributed by atoms with Gasteiger partial charge in [0, 0.05) is 11.7 Å². The third-order valence-electron chi connectivity index (χ3n) is 2.33. The molecule has 0 radical (unpaired) electrons. The third-order valence-corrected chi connectivity index (χ3v) is 2.69. The highest BCUT2D eigenvalue weighted by atomic mass is 35.5. The Labute approximate surface area is 94.0 Å². The molecule has 2 nitrogen and oxygen atoms in total. The van der Waals surface area contributed by atoms with Crippen LogP contribution in [0.15, 0.2) is 24.9 Å². The second kappa shape index (κ2) is 4.73. The van der Waals surface area contributed by atoms with Crippen molar-refractivity contribution in [1.29, 1.82) is 0 Å². The topological polar surface area (TPSA) is 38.9 Å². The highest BCUT2D eigenvalue weighted by Gasteiger charge is 2.24. The van der Waals surface area contributed by atoms with Crippen LogP contribution in [0.5, 0.6) is 0 Å². The van der Waals surface area contributed by atoms with E-state index in [1.54, 1.807) is 12.1 Å². The first-order chi connectivity index (χ1) is 6.99. The molecule has 1 heterocycles. The van der Waals surface area contributed by atoms with Crippen molar-refractivity contribution in [2.45, 2.75) is 25.3 Å². The molecule has 0 aromatic carbocycles. The molecule has 0 saturated heterocycles. The number of hydrogen-bond donors (Lipinski definition) is 1. The Kier molecular flexibility index (Phi) is 3.83. The lowest BCUT2D eigenvalue weighted by molar-refractivity contribution is 0.451. The smallest absolute Gasteiger partial charge is 0.231 e. The minimum Gasteiger partial charge on any atom is -0.322 e. The summed E-state index contributed by atoms with van der Waals surface area (Å²) in [4.78, 5) is 3.46. The fourth-order valence-electron chi connectivity index (χ4n) is 1.40. The molecule has 0 spiro atoms. The van der Waals surface area contributed by atoms with Gasteiger partial charge in [0.25, 0.3) is 0 Å². The highest BCUT2D eigenvalue weighted by molar-refractivity contribution is 6.31. The number of nitrogens with two attached hydrogens (primary N) is 1. The van der Waals surface area contributed by atoms with Crippen molar-refractivity contribution in [1.82, 2.24) is 4.98 Å². The predicted octanol–water partition coefficient (Wildman–Crippen LogP) is 3.01. The molecule has 0 fully saturated rings. The molecule has 15 heavy (non-hydrogen) atoms. The van der Waals surface area contributed by atoms with E-state index in [0.717, 1.165) is 6.42 Å². The maximum absolute atomic E-state index is 13.1. The summed E-state index contributed by atoms with van der Waals surface area (Å²) in [5, 5.41) is 0.00608. The standard InChI is InChI=1S/C11H14ClFN2/c1-3-4-6-11(2,14)8-5-7-15-10(13)9(8)12/h3,5,7H,1,4,6,14H2,2H3/t11-/m0/s1. The largest absolute Gasteiger partial charge is 0.322 e. The van der Waals surface area contributed by atoms with E-state index >= 15 is 0 Å². The normalized spacial score (nSPS) is 14.7. The summed E-state index contributed by atoms with van der Waals surface area (Å²) in [5.41, 5.74) is 5.99. The van der Waals surface area contributed by atoms with Gasteiger partial charge in [-0.3, -0.25) is 0 Å². The Balaban J connectivity index is 3.03. The maximum Gasteiger partial charge on any atom is 0.231 e. The molecule has 4 heteroatoms. The minimum absolute atomic E-state index is 0.00608. The van der Waals surface area contributed by atoms with Crippen LogP contribution >= 0.6 is 11.6 Å². The van der Waals surface area contributed by atoms with Crippen LogP contribution in [0.3, 0.4) is 0 Å². The van der Waals surface area contributed by atoms with E-state index in [1.165, 1.54) is 6.20 Å². The molecule has 0 bridgehead atoms. The minimum atomic E-state index is -0.676. The van der Waals surface area contributed by atoms with Crippen molar-refractivity contribution in [3.05, 3.63) is 41.5 Å². The van der Waals surface area contributed by atoms with E-state index in [4.69, 9.17) is 17.3 Å². The first-order valence-corrected chi connectivity index (χ1v) is 5.07. The average molecular weight is 229 g/mol. The molecule has 1 aromatic heterocycles. The van der Waals surface area contributed by atoms with Gasteiger partial charge in [0.15, 0.2) is 0 Å². The van der Waals surface area contributed by atoms with Gasteiger partial charge < -0.3 is 5.73 Å². The van der Waals surface area contributed by atoms with Crippen LogP contribution in [0.25, 0.3) is 0 Å². The molecule has 0 aliphatic rings. The molecule has 1 rings (SSSR count). The molecule has 0 amide bonds. The van der Waals surface area contributed by atoms with E-state index in [1.807, 2.05) is 6.92 Å². The second-order valence-corrected chi connectivity index (χ2v) is 4.09. The molecular weight excluding hydrogens is 215 g/mol. The summed E-state index contributed by atoms with van der Waals surface area (Å²) in [6, 6.07) is 1.65. The Hall–Kier alpha value is -0.930. The second-order valence-electron chi connectivity index (χ2n) is 3.71. The van der Waals surface area contributed by atoms with Crippen LogP contribution in [0.4, 0.5) is 4.39 Å². The van der Waals surface area contributed by atoms with Gasteiger partial charge in [0.2, 0.25) is 5.95 Å². The number of halogens is 2. The van der Waals surface area contributed by atoms with Crippen molar-refractivity contribution in [2.24, 2.45) is 5.73 Å². The van der Waals surface area contributed by atoms with Crippen LogP contribution < -0.4 is 5.73 Å². The number of nitrogens with zero attached hydrogens (tertiary/aromatic N) is 1. The predicted molar refractivity (Wildman–Crippen MR) is 60.2 cm³/mol. The van der Waals surface area contributed by atoms with Crippen LogP contribution in [0.2, 0.25) is 5.02 Å². The van der Waals surface area contributed by atoms with Crippen molar-refractivity contribution < 1.29 is 4.39 Å². The Morgan fingerprint density at radius 2 is 2.40 bits per heavy atom. The van der Waals surface area contributed by atoms with Gasteiger partial charge in [-0.15, -0.1) is 6.58 Å².